The van der Waals surface area contributed by atoms with Crippen LogP contribution in [0.4, 0.5) is 0 Å². The van der Waals surface area contributed by atoms with Gasteiger partial charge in [-0.05, 0) is 46.7 Å². The number of carbonyl (C=O) groups is 1. The maximum absolute atomic E-state index is 11.5. The van der Waals surface area contributed by atoms with Gasteiger partial charge in [0, 0.05) is 5.41 Å². The highest BCUT2D eigenvalue weighted by Crippen LogP contribution is 2.09. The fourth-order valence-electron chi connectivity index (χ4n) is 1.65. The molecule has 0 saturated carbocycles. The topological polar surface area (TPSA) is 32.3 Å². The van der Waals surface area contributed by atoms with E-state index in [1.165, 1.54) is 12.8 Å². The molecule has 3 nitrogen and oxygen atoms in total. The Kier molecular flexibility index (Phi) is 4.82. The molecule has 0 aromatic heterocycles. The van der Waals surface area contributed by atoms with Crippen LogP contribution in [-0.4, -0.2) is 37.0 Å². The summed E-state index contributed by atoms with van der Waals surface area (Å²) in [4.78, 5) is 13.7. The van der Waals surface area contributed by atoms with Crippen molar-refractivity contribution in [1.29, 1.82) is 0 Å². The fraction of sp³-hybridized carbons (Fsp3) is 0.769. The Labute approximate surface area is 98.6 Å². The summed E-state index contributed by atoms with van der Waals surface area (Å²) in [6.45, 7) is 9.29. The highest BCUT2D eigenvalue weighted by atomic mass is 16.2. The number of hydrogen-bond acceptors (Lipinski definition) is 2. The SMILES string of the molecule is CC(C)(C)C#CCNC(=O)CN1CCCC1. The first-order valence-electron chi connectivity index (χ1n) is 5.96. The van der Waals surface area contributed by atoms with Crippen molar-refractivity contribution in [1.82, 2.24) is 10.2 Å². The van der Waals surface area contributed by atoms with Crippen molar-refractivity contribution >= 4 is 5.91 Å². The quantitative estimate of drug-likeness (QED) is 0.729. The van der Waals surface area contributed by atoms with Crippen molar-refractivity contribution in [2.24, 2.45) is 5.41 Å². The Morgan fingerprint density at radius 1 is 1.31 bits per heavy atom. The van der Waals surface area contributed by atoms with E-state index in [1.807, 2.05) is 0 Å². The van der Waals surface area contributed by atoms with Gasteiger partial charge in [-0.3, -0.25) is 9.69 Å². The molecule has 90 valence electrons. The highest BCUT2D eigenvalue weighted by Gasteiger charge is 2.14. The summed E-state index contributed by atoms with van der Waals surface area (Å²) in [5.74, 6) is 6.16. The molecule has 1 aliphatic heterocycles. The minimum atomic E-state index is 0.0136. The van der Waals surface area contributed by atoms with Crippen LogP contribution in [0.2, 0.25) is 0 Å². The van der Waals surface area contributed by atoms with Gasteiger partial charge >= 0.3 is 0 Å². The smallest absolute Gasteiger partial charge is 0.234 e. The van der Waals surface area contributed by atoms with Crippen molar-refractivity contribution < 1.29 is 4.79 Å². The Morgan fingerprint density at radius 2 is 1.94 bits per heavy atom. The molecule has 1 heterocycles. The van der Waals surface area contributed by atoms with Crippen LogP contribution in [0.25, 0.3) is 0 Å². The molecule has 1 amide bonds. The molecule has 0 aliphatic carbocycles. The fourth-order valence-corrected chi connectivity index (χ4v) is 1.65. The molecule has 1 rings (SSSR count). The third-order valence-corrected chi connectivity index (χ3v) is 2.40. The van der Waals surface area contributed by atoms with E-state index in [-0.39, 0.29) is 11.3 Å². The van der Waals surface area contributed by atoms with E-state index in [2.05, 4.69) is 42.8 Å². The van der Waals surface area contributed by atoms with Crippen LogP contribution >= 0.6 is 0 Å². The van der Waals surface area contributed by atoms with Gasteiger partial charge in [0.1, 0.15) is 0 Å². The lowest BCUT2D eigenvalue weighted by Crippen LogP contribution is -2.35. The first-order valence-corrected chi connectivity index (χ1v) is 5.96. The van der Waals surface area contributed by atoms with Crippen molar-refractivity contribution in [3.63, 3.8) is 0 Å². The summed E-state index contributed by atoms with van der Waals surface area (Å²) in [6, 6.07) is 0. The second kappa shape index (κ2) is 5.91. The molecule has 3 heteroatoms. The number of nitrogens with zero attached hydrogens (tertiary/aromatic N) is 1. The van der Waals surface area contributed by atoms with Crippen LogP contribution in [0, 0.1) is 17.3 Å². The van der Waals surface area contributed by atoms with Crippen LogP contribution in [0.1, 0.15) is 33.6 Å². The zero-order chi connectivity index (χ0) is 12.0. The molecule has 0 atom stereocenters. The normalized spacial score (nSPS) is 16.7. The molecule has 0 radical (unpaired) electrons. The van der Waals surface area contributed by atoms with Gasteiger partial charge in [-0.2, -0.15) is 0 Å². The standard InChI is InChI=1S/C13H22N2O/c1-13(2,3)7-6-8-14-12(16)11-15-9-4-5-10-15/h4-5,8-11H2,1-3H3,(H,14,16). The van der Waals surface area contributed by atoms with Crippen molar-refractivity contribution in [3.05, 3.63) is 0 Å². The maximum atomic E-state index is 11.5. The van der Waals surface area contributed by atoms with E-state index < -0.39 is 0 Å². The van der Waals surface area contributed by atoms with Crippen LogP contribution < -0.4 is 5.32 Å². The van der Waals surface area contributed by atoms with Gasteiger partial charge in [0.2, 0.25) is 5.91 Å². The molecular formula is C13H22N2O. The van der Waals surface area contributed by atoms with Gasteiger partial charge in [0.25, 0.3) is 0 Å². The van der Waals surface area contributed by atoms with Gasteiger partial charge in [0.15, 0.2) is 0 Å². The van der Waals surface area contributed by atoms with Gasteiger partial charge in [-0.15, -0.1) is 0 Å². The second-order valence-corrected chi connectivity index (χ2v) is 5.31. The molecule has 0 aromatic carbocycles. The largest absolute Gasteiger partial charge is 0.344 e. The molecule has 0 aromatic rings. The van der Waals surface area contributed by atoms with E-state index in [0.29, 0.717) is 13.1 Å². The van der Waals surface area contributed by atoms with Crippen molar-refractivity contribution in [2.75, 3.05) is 26.2 Å². The third-order valence-electron chi connectivity index (χ3n) is 2.40. The first kappa shape index (κ1) is 13.1. The average Bonchev–Trinajstić information content (AvgIpc) is 2.63. The van der Waals surface area contributed by atoms with Crippen LogP contribution in [0.3, 0.4) is 0 Å². The summed E-state index contributed by atoms with van der Waals surface area (Å²) in [5.41, 5.74) is 0.0136. The third kappa shape index (κ3) is 5.77. The maximum Gasteiger partial charge on any atom is 0.234 e. The number of amides is 1. The highest BCUT2D eigenvalue weighted by molar-refractivity contribution is 5.78. The molecule has 1 saturated heterocycles. The number of hydrogen-bond donors (Lipinski definition) is 1. The lowest BCUT2D eigenvalue weighted by molar-refractivity contribution is -0.121. The monoisotopic (exact) mass is 222 g/mol. The van der Waals surface area contributed by atoms with E-state index >= 15 is 0 Å². The average molecular weight is 222 g/mol. The zero-order valence-corrected chi connectivity index (χ0v) is 10.6. The van der Waals surface area contributed by atoms with Gasteiger partial charge in [0.05, 0.1) is 13.1 Å². The molecular weight excluding hydrogens is 200 g/mol. The summed E-state index contributed by atoms with van der Waals surface area (Å²) < 4.78 is 0. The minimum Gasteiger partial charge on any atom is -0.344 e. The van der Waals surface area contributed by atoms with Crippen LogP contribution in [-0.2, 0) is 4.79 Å². The first-order chi connectivity index (χ1) is 7.47. The molecule has 1 N–H and O–H groups in total. The zero-order valence-electron chi connectivity index (χ0n) is 10.6. The van der Waals surface area contributed by atoms with Crippen LogP contribution in [0.15, 0.2) is 0 Å². The Bertz CT molecular complexity index is 287. The molecule has 1 aliphatic rings. The Hall–Kier alpha value is -1.01. The summed E-state index contributed by atoms with van der Waals surface area (Å²) in [5, 5.41) is 2.83. The number of carbonyl (C=O) groups excluding carboxylic acids is 1. The summed E-state index contributed by atoms with van der Waals surface area (Å²) in [7, 11) is 0. The van der Waals surface area contributed by atoms with Gasteiger partial charge in [-0.1, -0.05) is 11.8 Å². The summed E-state index contributed by atoms with van der Waals surface area (Å²) >= 11 is 0. The van der Waals surface area contributed by atoms with E-state index in [9.17, 15) is 4.79 Å². The molecule has 0 spiro atoms. The lowest BCUT2D eigenvalue weighted by atomic mass is 9.98. The predicted molar refractivity (Wildman–Crippen MR) is 65.9 cm³/mol. The minimum absolute atomic E-state index is 0.0136. The van der Waals surface area contributed by atoms with Gasteiger partial charge < -0.3 is 5.32 Å². The lowest BCUT2D eigenvalue weighted by Gasteiger charge is -2.13. The van der Waals surface area contributed by atoms with E-state index in [0.717, 1.165) is 13.1 Å². The number of likely N-dealkylation sites (tertiary alicyclic amines) is 1. The number of rotatable bonds is 3. The van der Waals surface area contributed by atoms with Gasteiger partial charge in [-0.25, -0.2) is 0 Å². The molecule has 0 bridgehead atoms. The van der Waals surface area contributed by atoms with E-state index in [4.69, 9.17) is 0 Å². The second-order valence-electron chi connectivity index (χ2n) is 5.31. The Balaban J connectivity index is 2.16. The number of nitrogens with one attached hydrogen (secondary N) is 1. The van der Waals surface area contributed by atoms with Crippen molar-refractivity contribution in [2.45, 2.75) is 33.6 Å². The van der Waals surface area contributed by atoms with Crippen LogP contribution in [0.5, 0.6) is 0 Å². The van der Waals surface area contributed by atoms with Crippen molar-refractivity contribution in [3.8, 4) is 11.8 Å². The molecule has 0 unspecified atom stereocenters. The Morgan fingerprint density at radius 3 is 2.50 bits per heavy atom. The molecule has 16 heavy (non-hydrogen) atoms. The summed E-state index contributed by atoms with van der Waals surface area (Å²) in [6.07, 6.45) is 2.44. The molecule has 1 fully saturated rings. The van der Waals surface area contributed by atoms with E-state index in [1.54, 1.807) is 0 Å². The predicted octanol–water partition coefficient (Wildman–Crippen LogP) is 1.25.